The third kappa shape index (κ3) is 2.59. The van der Waals surface area contributed by atoms with Crippen molar-refractivity contribution in [2.45, 2.75) is 20.4 Å². The molecular weight excluding hydrogens is 260 g/mol. The number of ether oxygens (including phenoxy) is 1. The molecule has 0 aliphatic heterocycles. The molecule has 6 nitrogen and oxygen atoms in total. The molecule has 0 saturated heterocycles. The van der Waals surface area contributed by atoms with Gasteiger partial charge in [-0.05, 0) is 17.0 Å². The molecule has 1 amide bonds. The second-order valence-electron chi connectivity index (χ2n) is 5.54. The maximum Gasteiger partial charge on any atom is 0.307 e. The number of hydrogen-bond donors (Lipinski definition) is 2. The predicted octanol–water partition coefficient (Wildman–Crippen LogP) is 1.06. The van der Waals surface area contributed by atoms with Gasteiger partial charge in [-0.2, -0.15) is 0 Å². The highest BCUT2D eigenvalue weighted by Crippen LogP contribution is 2.58. The Morgan fingerprint density at radius 2 is 2.15 bits per heavy atom. The van der Waals surface area contributed by atoms with Crippen molar-refractivity contribution in [1.82, 2.24) is 10.3 Å². The molecule has 2 unspecified atom stereocenters. The molecule has 20 heavy (non-hydrogen) atoms. The first-order chi connectivity index (χ1) is 9.37. The summed E-state index contributed by atoms with van der Waals surface area (Å²) in [5.41, 5.74) is 0.377. The maximum atomic E-state index is 12.0. The van der Waals surface area contributed by atoms with E-state index in [0.717, 1.165) is 5.56 Å². The molecule has 2 rings (SSSR count). The van der Waals surface area contributed by atoms with E-state index in [4.69, 9.17) is 9.84 Å². The molecule has 0 spiro atoms. The van der Waals surface area contributed by atoms with Crippen molar-refractivity contribution in [3.63, 3.8) is 0 Å². The summed E-state index contributed by atoms with van der Waals surface area (Å²) in [7, 11) is 1.52. The quantitative estimate of drug-likeness (QED) is 0.841. The van der Waals surface area contributed by atoms with Crippen molar-refractivity contribution in [3.8, 4) is 5.88 Å². The van der Waals surface area contributed by atoms with Gasteiger partial charge >= 0.3 is 5.97 Å². The van der Waals surface area contributed by atoms with Crippen molar-refractivity contribution in [2.24, 2.45) is 17.3 Å². The summed E-state index contributed by atoms with van der Waals surface area (Å²) < 4.78 is 5.00. The summed E-state index contributed by atoms with van der Waals surface area (Å²) >= 11 is 0. The Balaban J connectivity index is 1.95. The molecule has 2 atom stereocenters. The number of nitrogens with one attached hydrogen (secondary N) is 1. The Hall–Kier alpha value is -2.11. The average Bonchev–Trinajstić information content (AvgIpc) is 2.99. The Labute approximate surface area is 117 Å². The summed E-state index contributed by atoms with van der Waals surface area (Å²) in [4.78, 5) is 27.1. The number of carbonyl (C=O) groups is 2. The maximum absolute atomic E-state index is 12.0. The van der Waals surface area contributed by atoms with Gasteiger partial charge in [-0.25, -0.2) is 4.98 Å². The fraction of sp³-hybridized carbons (Fsp3) is 0.500. The van der Waals surface area contributed by atoms with Gasteiger partial charge in [0.15, 0.2) is 0 Å². The number of rotatable bonds is 5. The number of amides is 1. The number of hydrogen-bond acceptors (Lipinski definition) is 4. The van der Waals surface area contributed by atoms with Crippen LogP contribution in [0.15, 0.2) is 18.3 Å². The third-order valence-electron chi connectivity index (χ3n) is 3.85. The monoisotopic (exact) mass is 278 g/mol. The Morgan fingerprint density at radius 1 is 1.45 bits per heavy atom. The van der Waals surface area contributed by atoms with Crippen LogP contribution in [-0.4, -0.2) is 29.1 Å². The number of methoxy groups -OCH3 is 1. The number of carboxylic acid groups (broad SMARTS) is 1. The summed E-state index contributed by atoms with van der Waals surface area (Å²) in [6, 6.07) is 3.50. The lowest BCUT2D eigenvalue weighted by molar-refractivity contribution is -0.140. The third-order valence-corrected chi connectivity index (χ3v) is 3.85. The van der Waals surface area contributed by atoms with Gasteiger partial charge in [-0.1, -0.05) is 13.8 Å². The largest absolute Gasteiger partial charge is 0.481 e. The highest BCUT2D eigenvalue weighted by Gasteiger charge is 2.65. The Bertz CT molecular complexity index is 542. The second kappa shape index (κ2) is 5.11. The van der Waals surface area contributed by atoms with E-state index in [1.165, 1.54) is 7.11 Å². The van der Waals surface area contributed by atoms with Crippen LogP contribution in [0.2, 0.25) is 0 Å². The zero-order valence-corrected chi connectivity index (χ0v) is 11.7. The highest BCUT2D eigenvalue weighted by molar-refractivity contribution is 5.91. The van der Waals surface area contributed by atoms with Crippen LogP contribution in [0.3, 0.4) is 0 Å². The Morgan fingerprint density at radius 3 is 2.70 bits per heavy atom. The van der Waals surface area contributed by atoms with Crippen molar-refractivity contribution in [2.75, 3.05) is 7.11 Å². The van der Waals surface area contributed by atoms with Crippen molar-refractivity contribution in [3.05, 3.63) is 23.9 Å². The summed E-state index contributed by atoms with van der Waals surface area (Å²) in [5, 5.41) is 11.8. The lowest BCUT2D eigenvalue weighted by atomic mass is 10.1. The van der Waals surface area contributed by atoms with E-state index in [1.54, 1.807) is 32.2 Å². The van der Waals surface area contributed by atoms with Crippen LogP contribution in [0.5, 0.6) is 5.88 Å². The minimum absolute atomic E-state index is 0.224. The zero-order chi connectivity index (χ0) is 14.9. The van der Waals surface area contributed by atoms with Crippen LogP contribution >= 0.6 is 0 Å². The van der Waals surface area contributed by atoms with Gasteiger partial charge in [-0.3, -0.25) is 9.59 Å². The molecule has 0 aromatic carbocycles. The summed E-state index contributed by atoms with van der Waals surface area (Å²) in [6.45, 7) is 3.92. The first-order valence-corrected chi connectivity index (χ1v) is 6.37. The molecule has 1 aromatic rings. The van der Waals surface area contributed by atoms with E-state index in [-0.39, 0.29) is 5.91 Å². The number of aliphatic carboxylic acids is 1. The van der Waals surface area contributed by atoms with Crippen molar-refractivity contribution >= 4 is 11.9 Å². The molecule has 6 heteroatoms. The van der Waals surface area contributed by atoms with Crippen LogP contribution < -0.4 is 10.1 Å². The first kappa shape index (κ1) is 14.3. The fourth-order valence-electron chi connectivity index (χ4n) is 2.56. The van der Waals surface area contributed by atoms with E-state index in [9.17, 15) is 9.59 Å². The molecular formula is C14H18N2O4. The highest BCUT2D eigenvalue weighted by atomic mass is 16.5. The molecule has 2 N–H and O–H groups in total. The smallest absolute Gasteiger partial charge is 0.307 e. The molecule has 108 valence electrons. The topological polar surface area (TPSA) is 88.5 Å². The van der Waals surface area contributed by atoms with Crippen LogP contribution in [0.4, 0.5) is 0 Å². The minimum atomic E-state index is -0.916. The van der Waals surface area contributed by atoms with Gasteiger partial charge in [0.2, 0.25) is 11.8 Å². The molecule has 1 aliphatic rings. The molecule has 1 saturated carbocycles. The molecule has 0 radical (unpaired) electrons. The standard InChI is InChI=1S/C14H18N2O4/c1-14(2)10(11(14)13(18)19)12(17)16-7-8-4-5-15-9(6-8)20-3/h4-6,10-11H,7H2,1-3H3,(H,16,17)(H,18,19). The molecule has 1 aromatic heterocycles. The molecule has 1 heterocycles. The van der Waals surface area contributed by atoms with Crippen LogP contribution in [-0.2, 0) is 16.1 Å². The van der Waals surface area contributed by atoms with E-state index < -0.39 is 23.2 Å². The number of carbonyl (C=O) groups excluding carboxylic acids is 1. The number of pyridine rings is 1. The lowest BCUT2D eigenvalue weighted by Crippen LogP contribution is -2.26. The van der Waals surface area contributed by atoms with Gasteiger partial charge in [0.25, 0.3) is 0 Å². The van der Waals surface area contributed by atoms with Crippen LogP contribution in [0.1, 0.15) is 19.4 Å². The van der Waals surface area contributed by atoms with Gasteiger partial charge in [0.1, 0.15) is 0 Å². The SMILES string of the molecule is COc1cc(CNC(=O)C2C(C(=O)O)C2(C)C)ccn1. The summed E-state index contributed by atoms with van der Waals surface area (Å²) in [5.74, 6) is -1.73. The zero-order valence-electron chi connectivity index (χ0n) is 11.7. The average molecular weight is 278 g/mol. The Kier molecular flexibility index (Phi) is 3.65. The number of carboxylic acids is 1. The minimum Gasteiger partial charge on any atom is -0.481 e. The van der Waals surface area contributed by atoms with E-state index in [1.807, 2.05) is 0 Å². The van der Waals surface area contributed by atoms with Gasteiger partial charge in [0.05, 0.1) is 18.9 Å². The van der Waals surface area contributed by atoms with Crippen LogP contribution in [0, 0.1) is 17.3 Å². The van der Waals surface area contributed by atoms with Crippen LogP contribution in [0.25, 0.3) is 0 Å². The van der Waals surface area contributed by atoms with E-state index in [0.29, 0.717) is 12.4 Å². The summed E-state index contributed by atoms with van der Waals surface area (Å²) in [6.07, 6.45) is 1.60. The predicted molar refractivity (Wildman–Crippen MR) is 71.0 cm³/mol. The fourth-order valence-corrected chi connectivity index (χ4v) is 2.56. The van der Waals surface area contributed by atoms with Gasteiger partial charge in [-0.15, -0.1) is 0 Å². The number of nitrogens with zero attached hydrogens (tertiary/aromatic N) is 1. The normalized spacial score (nSPS) is 22.9. The number of aromatic nitrogens is 1. The van der Waals surface area contributed by atoms with Crippen molar-refractivity contribution in [1.29, 1.82) is 0 Å². The van der Waals surface area contributed by atoms with E-state index in [2.05, 4.69) is 10.3 Å². The second-order valence-corrected chi connectivity index (χ2v) is 5.54. The lowest BCUT2D eigenvalue weighted by Gasteiger charge is -2.07. The molecule has 0 bridgehead atoms. The van der Waals surface area contributed by atoms with Crippen molar-refractivity contribution < 1.29 is 19.4 Å². The van der Waals surface area contributed by atoms with Gasteiger partial charge < -0.3 is 15.2 Å². The first-order valence-electron chi connectivity index (χ1n) is 6.37. The van der Waals surface area contributed by atoms with Gasteiger partial charge in [0, 0.05) is 18.8 Å². The van der Waals surface area contributed by atoms with E-state index >= 15 is 0 Å². The molecule has 1 aliphatic carbocycles. The molecule has 1 fully saturated rings.